The summed E-state index contributed by atoms with van der Waals surface area (Å²) in [6.07, 6.45) is 0. The highest BCUT2D eigenvalue weighted by molar-refractivity contribution is 5.88. The van der Waals surface area contributed by atoms with Crippen molar-refractivity contribution in [2.24, 2.45) is 7.05 Å². The monoisotopic (exact) mass is 291 g/mol. The second-order valence-corrected chi connectivity index (χ2v) is 4.43. The molecule has 0 amide bonds. The molecule has 8 heteroatoms. The molecular weight excluding hydrogens is 278 g/mol. The Kier molecular flexibility index (Phi) is 3.88. The summed E-state index contributed by atoms with van der Waals surface area (Å²) in [7, 11) is 1.74. The van der Waals surface area contributed by atoms with Crippen molar-refractivity contribution in [1.29, 1.82) is 0 Å². The summed E-state index contributed by atoms with van der Waals surface area (Å²) in [4.78, 5) is 21.2. The highest BCUT2D eigenvalue weighted by Crippen LogP contribution is 2.28. The Morgan fingerprint density at radius 1 is 1.48 bits per heavy atom. The molecular formula is C13H13N3O5. The van der Waals surface area contributed by atoms with Crippen LogP contribution in [-0.4, -0.2) is 25.8 Å². The summed E-state index contributed by atoms with van der Waals surface area (Å²) in [5.74, 6) is -1.21. The average molecular weight is 291 g/mol. The van der Waals surface area contributed by atoms with E-state index in [0.29, 0.717) is 0 Å². The summed E-state index contributed by atoms with van der Waals surface area (Å²) in [6.45, 7) is 1.93. The van der Waals surface area contributed by atoms with Gasteiger partial charge in [0.1, 0.15) is 6.61 Å². The molecule has 0 atom stereocenters. The van der Waals surface area contributed by atoms with Crippen LogP contribution in [0.25, 0.3) is 0 Å². The Labute approximate surface area is 119 Å². The highest BCUT2D eigenvalue weighted by Gasteiger charge is 2.19. The predicted molar refractivity (Wildman–Crippen MR) is 72.3 cm³/mol. The first-order valence-electron chi connectivity index (χ1n) is 6.02. The summed E-state index contributed by atoms with van der Waals surface area (Å²) in [5, 5.41) is 24.0. The third-order valence-electron chi connectivity index (χ3n) is 2.88. The van der Waals surface area contributed by atoms with Crippen LogP contribution in [0.1, 0.15) is 21.7 Å². The van der Waals surface area contributed by atoms with E-state index in [9.17, 15) is 14.9 Å². The zero-order chi connectivity index (χ0) is 15.6. The first-order valence-corrected chi connectivity index (χ1v) is 6.02. The number of nitrogens with zero attached hydrogens (tertiary/aromatic N) is 3. The Bertz CT molecular complexity index is 708. The summed E-state index contributed by atoms with van der Waals surface area (Å²) >= 11 is 0. The maximum atomic E-state index is 11.0. The van der Waals surface area contributed by atoms with E-state index >= 15 is 0 Å². The molecule has 1 aromatic carbocycles. The minimum Gasteiger partial charge on any atom is -0.480 e. The average Bonchev–Trinajstić information content (AvgIpc) is 2.74. The van der Waals surface area contributed by atoms with E-state index in [1.807, 2.05) is 6.92 Å². The molecule has 0 aliphatic carbocycles. The Morgan fingerprint density at radius 3 is 2.71 bits per heavy atom. The number of rotatable bonds is 5. The fourth-order valence-electron chi connectivity index (χ4n) is 1.87. The third kappa shape index (κ3) is 3.16. The molecule has 0 aliphatic heterocycles. The van der Waals surface area contributed by atoms with E-state index in [-0.39, 0.29) is 23.6 Å². The number of hydrogen-bond acceptors (Lipinski definition) is 5. The number of aromatic carboxylic acids is 1. The summed E-state index contributed by atoms with van der Waals surface area (Å²) in [5.41, 5.74) is 1.02. The van der Waals surface area contributed by atoms with Crippen LogP contribution >= 0.6 is 0 Å². The zero-order valence-corrected chi connectivity index (χ0v) is 11.4. The van der Waals surface area contributed by atoms with E-state index in [4.69, 9.17) is 9.84 Å². The molecule has 0 unspecified atom stereocenters. The summed E-state index contributed by atoms with van der Waals surface area (Å²) in [6, 6.07) is 5.33. The number of nitro benzene ring substituents is 1. The van der Waals surface area contributed by atoms with Crippen molar-refractivity contribution in [1.82, 2.24) is 9.78 Å². The van der Waals surface area contributed by atoms with Gasteiger partial charge in [0, 0.05) is 13.1 Å². The fourth-order valence-corrected chi connectivity index (χ4v) is 1.87. The molecule has 110 valence electrons. The van der Waals surface area contributed by atoms with Crippen molar-refractivity contribution in [3.05, 3.63) is 51.3 Å². The van der Waals surface area contributed by atoms with Crippen molar-refractivity contribution in [2.45, 2.75) is 13.5 Å². The highest BCUT2D eigenvalue weighted by atomic mass is 16.6. The molecule has 1 N–H and O–H groups in total. The van der Waals surface area contributed by atoms with Crippen LogP contribution < -0.4 is 4.74 Å². The van der Waals surface area contributed by atoms with Gasteiger partial charge in [0.25, 0.3) is 0 Å². The molecule has 2 rings (SSSR count). The maximum Gasteiger partial charge on any atom is 0.335 e. The second kappa shape index (κ2) is 5.61. The minimum atomic E-state index is -1.23. The molecule has 0 fully saturated rings. The van der Waals surface area contributed by atoms with Crippen LogP contribution in [0.3, 0.4) is 0 Å². The number of aromatic nitrogens is 2. The molecule has 2 aromatic rings. The third-order valence-corrected chi connectivity index (χ3v) is 2.88. The fraction of sp³-hybridized carbons (Fsp3) is 0.231. The number of carboxylic acids is 1. The van der Waals surface area contributed by atoms with E-state index in [0.717, 1.165) is 17.5 Å². The zero-order valence-electron chi connectivity index (χ0n) is 11.4. The van der Waals surface area contributed by atoms with Gasteiger partial charge in [-0.1, -0.05) is 0 Å². The molecule has 0 spiro atoms. The van der Waals surface area contributed by atoms with E-state index in [2.05, 4.69) is 5.10 Å². The largest absolute Gasteiger partial charge is 0.480 e. The lowest BCUT2D eigenvalue weighted by Gasteiger charge is -2.07. The Morgan fingerprint density at radius 2 is 2.19 bits per heavy atom. The maximum absolute atomic E-state index is 11.0. The van der Waals surface area contributed by atoms with Gasteiger partial charge in [-0.25, -0.2) is 4.79 Å². The van der Waals surface area contributed by atoms with Gasteiger partial charge < -0.3 is 9.84 Å². The molecule has 0 radical (unpaired) electrons. The number of benzene rings is 1. The van der Waals surface area contributed by atoms with E-state index < -0.39 is 10.9 Å². The number of ether oxygens (including phenoxy) is 1. The minimum absolute atomic E-state index is 0.0175. The van der Waals surface area contributed by atoms with Gasteiger partial charge in [0.15, 0.2) is 5.75 Å². The standard InChI is InChI=1S/C13H13N3O5/c1-8-5-10(15(2)14-8)7-21-12-4-3-9(13(17)18)6-11(12)16(19)20/h3-6H,7H2,1-2H3,(H,17,18). The number of nitro groups is 1. The molecule has 1 aromatic heterocycles. The van der Waals surface area contributed by atoms with Gasteiger partial charge in [-0.3, -0.25) is 14.8 Å². The van der Waals surface area contributed by atoms with Crippen molar-refractivity contribution in [3.63, 3.8) is 0 Å². The molecule has 0 aliphatic rings. The number of carboxylic acid groups (broad SMARTS) is 1. The lowest BCUT2D eigenvalue weighted by atomic mass is 10.2. The predicted octanol–water partition coefficient (Wildman–Crippen LogP) is 1.91. The van der Waals surface area contributed by atoms with Crippen molar-refractivity contribution < 1.29 is 19.6 Å². The topological polar surface area (TPSA) is 107 Å². The van der Waals surface area contributed by atoms with Crippen LogP contribution in [0.2, 0.25) is 0 Å². The van der Waals surface area contributed by atoms with Crippen LogP contribution in [0.15, 0.2) is 24.3 Å². The first kappa shape index (κ1) is 14.5. The second-order valence-electron chi connectivity index (χ2n) is 4.43. The van der Waals surface area contributed by atoms with Gasteiger partial charge in [-0.15, -0.1) is 0 Å². The van der Waals surface area contributed by atoms with Gasteiger partial charge in [0.2, 0.25) is 0 Å². The molecule has 21 heavy (non-hydrogen) atoms. The molecule has 0 bridgehead atoms. The first-order chi connectivity index (χ1) is 9.88. The molecule has 8 nitrogen and oxygen atoms in total. The Balaban J connectivity index is 2.25. The van der Waals surface area contributed by atoms with Gasteiger partial charge in [0.05, 0.1) is 21.9 Å². The molecule has 0 saturated carbocycles. The number of carbonyl (C=O) groups is 1. The lowest BCUT2D eigenvalue weighted by molar-refractivity contribution is -0.386. The SMILES string of the molecule is Cc1cc(COc2ccc(C(=O)O)cc2[N+](=O)[O-])n(C)n1. The van der Waals surface area contributed by atoms with Crippen molar-refractivity contribution >= 4 is 11.7 Å². The van der Waals surface area contributed by atoms with Crippen LogP contribution in [0.5, 0.6) is 5.75 Å². The van der Waals surface area contributed by atoms with E-state index in [1.165, 1.54) is 12.1 Å². The Hall–Kier alpha value is -2.90. The number of hydrogen-bond donors (Lipinski definition) is 1. The van der Waals surface area contributed by atoms with Crippen LogP contribution in [0, 0.1) is 17.0 Å². The lowest BCUT2D eigenvalue weighted by Crippen LogP contribution is -2.05. The van der Waals surface area contributed by atoms with Crippen molar-refractivity contribution in [2.75, 3.05) is 0 Å². The smallest absolute Gasteiger partial charge is 0.335 e. The van der Waals surface area contributed by atoms with Gasteiger partial charge >= 0.3 is 11.7 Å². The molecule has 1 heterocycles. The van der Waals surface area contributed by atoms with Crippen LogP contribution in [-0.2, 0) is 13.7 Å². The normalized spacial score (nSPS) is 10.4. The quantitative estimate of drug-likeness (QED) is 0.666. The summed E-state index contributed by atoms with van der Waals surface area (Å²) < 4.78 is 7.04. The van der Waals surface area contributed by atoms with Crippen molar-refractivity contribution in [3.8, 4) is 5.75 Å². The van der Waals surface area contributed by atoms with Crippen LogP contribution in [0.4, 0.5) is 5.69 Å². The van der Waals surface area contributed by atoms with Gasteiger partial charge in [-0.2, -0.15) is 5.10 Å². The molecule has 0 saturated heterocycles. The number of aryl methyl sites for hydroxylation is 2. The van der Waals surface area contributed by atoms with Gasteiger partial charge in [-0.05, 0) is 25.1 Å². The van der Waals surface area contributed by atoms with E-state index in [1.54, 1.807) is 17.8 Å².